The summed E-state index contributed by atoms with van der Waals surface area (Å²) in [7, 11) is 0. The van der Waals surface area contributed by atoms with Gasteiger partial charge in [0, 0.05) is 11.7 Å². The van der Waals surface area contributed by atoms with Crippen molar-refractivity contribution in [3.05, 3.63) is 64.9 Å². The molecule has 2 aromatic carbocycles. The summed E-state index contributed by atoms with van der Waals surface area (Å²) in [5.41, 5.74) is 2.09. The minimum atomic E-state index is -0.0643. The highest BCUT2D eigenvalue weighted by Crippen LogP contribution is 2.39. The van der Waals surface area contributed by atoms with Crippen LogP contribution in [0, 0.1) is 0 Å². The molecule has 1 aliphatic rings. The van der Waals surface area contributed by atoms with Crippen molar-refractivity contribution in [3.63, 3.8) is 0 Å². The number of hydrogen-bond acceptors (Lipinski definition) is 5. The average Bonchev–Trinajstić information content (AvgIpc) is 3.57. The number of aromatic nitrogens is 3. The third kappa shape index (κ3) is 5.64. The second kappa shape index (κ2) is 10.4. The molecule has 1 heterocycles. The van der Waals surface area contributed by atoms with Crippen molar-refractivity contribution in [2.75, 3.05) is 11.1 Å². The Bertz CT molecular complexity index is 1070. The van der Waals surface area contributed by atoms with Crippen LogP contribution >= 0.6 is 23.4 Å². The molecule has 1 saturated carbocycles. The largest absolute Gasteiger partial charge is 0.484 e. The van der Waals surface area contributed by atoms with E-state index in [4.69, 9.17) is 16.3 Å². The maximum atomic E-state index is 12.5. The first-order chi connectivity index (χ1) is 15.5. The Morgan fingerprint density at radius 2 is 1.97 bits per heavy atom. The number of halogens is 1. The number of thioether (sulfide) groups is 1. The zero-order valence-corrected chi connectivity index (χ0v) is 19.8. The molecule has 0 radical (unpaired) electrons. The quantitative estimate of drug-likeness (QED) is 0.363. The van der Waals surface area contributed by atoms with Gasteiger partial charge in [0.05, 0.1) is 10.8 Å². The molecule has 1 aliphatic carbocycles. The maximum absolute atomic E-state index is 12.5. The topological polar surface area (TPSA) is 69.0 Å². The summed E-state index contributed by atoms with van der Waals surface area (Å²) < 4.78 is 7.94. The molecule has 0 unspecified atom stereocenters. The first-order valence-corrected chi connectivity index (χ1v) is 12.2. The van der Waals surface area contributed by atoms with Gasteiger partial charge in [-0.2, -0.15) is 0 Å². The van der Waals surface area contributed by atoms with Crippen molar-refractivity contribution < 1.29 is 9.53 Å². The van der Waals surface area contributed by atoms with E-state index in [1.54, 1.807) is 6.07 Å². The van der Waals surface area contributed by atoms with Crippen LogP contribution < -0.4 is 10.1 Å². The third-order valence-corrected chi connectivity index (χ3v) is 6.80. The summed E-state index contributed by atoms with van der Waals surface area (Å²) in [6, 6.07) is 15.8. The van der Waals surface area contributed by atoms with Crippen LogP contribution in [-0.4, -0.2) is 26.4 Å². The summed E-state index contributed by atoms with van der Waals surface area (Å²) in [4.78, 5) is 12.5. The van der Waals surface area contributed by atoms with Crippen LogP contribution in [0.25, 0.3) is 0 Å². The van der Waals surface area contributed by atoms with E-state index in [0.29, 0.717) is 22.7 Å². The van der Waals surface area contributed by atoms with Crippen LogP contribution in [0.4, 0.5) is 5.69 Å². The normalized spacial score (nSPS) is 14.2. The molecule has 1 atom stereocenters. The van der Waals surface area contributed by atoms with Crippen LogP contribution in [-0.2, 0) is 11.4 Å². The second-order valence-corrected chi connectivity index (χ2v) is 9.34. The van der Waals surface area contributed by atoms with Gasteiger partial charge >= 0.3 is 0 Å². The molecule has 0 bridgehead atoms. The molecule has 1 fully saturated rings. The van der Waals surface area contributed by atoms with Crippen molar-refractivity contribution in [3.8, 4) is 5.75 Å². The minimum Gasteiger partial charge on any atom is -0.484 e. The number of anilines is 1. The lowest BCUT2D eigenvalue weighted by atomic mass is 9.99. The summed E-state index contributed by atoms with van der Waals surface area (Å²) >= 11 is 7.57. The van der Waals surface area contributed by atoms with Crippen molar-refractivity contribution in [2.24, 2.45) is 0 Å². The highest BCUT2D eigenvalue weighted by atomic mass is 35.5. The highest BCUT2D eigenvalue weighted by Gasteiger charge is 2.30. The minimum absolute atomic E-state index is 0.0643. The number of amides is 1. The van der Waals surface area contributed by atoms with Crippen LogP contribution in [0.3, 0.4) is 0 Å². The van der Waals surface area contributed by atoms with Gasteiger partial charge < -0.3 is 10.1 Å². The van der Waals surface area contributed by atoms with E-state index in [0.717, 1.165) is 35.9 Å². The number of para-hydroxylation sites is 1. The van der Waals surface area contributed by atoms with Crippen molar-refractivity contribution in [1.82, 2.24) is 14.8 Å². The molecule has 1 N–H and O–H groups in total. The molecular weight excluding hydrogens is 444 g/mol. The Hall–Kier alpha value is -2.51. The standard InChI is InChI=1S/C24H27ClN4O2S/c1-3-16(2)17-8-10-18(11-9-17)26-23(30)15-32-24-28-27-22(29(24)19-12-13-19)14-31-21-7-5-4-6-20(21)25/h4-11,16,19H,3,12-15H2,1-2H3,(H,26,30)/t16-/m1/s1. The second-order valence-electron chi connectivity index (χ2n) is 7.99. The van der Waals surface area contributed by atoms with E-state index >= 15 is 0 Å². The number of rotatable bonds is 10. The fraction of sp³-hybridized carbons (Fsp3) is 0.375. The Morgan fingerprint density at radius 1 is 1.22 bits per heavy atom. The molecule has 0 spiro atoms. The molecule has 0 aliphatic heterocycles. The van der Waals surface area contributed by atoms with Gasteiger partial charge in [-0.1, -0.05) is 61.5 Å². The Kier molecular flexibility index (Phi) is 7.37. The van der Waals surface area contributed by atoms with Gasteiger partial charge in [0.25, 0.3) is 0 Å². The Morgan fingerprint density at radius 3 is 2.66 bits per heavy atom. The van der Waals surface area contributed by atoms with E-state index in [9.17, 15) is 4.79 Å². The van der Waals surface area contributed by atoms with Crippen molar-refractivity contribution in [2.45, 2.75) is 56.8 Å². The Balaban J connectivity index is 1.35. The zero-order valence-electron chi connectivity index (χ0n) is 18.3. The number of nitrogens with zero attached hydrogens (tertiary/aromatic N) is 3. The lowest BCUT2D eigenvalue weighted by Gasteiger charge is -2.11. The predicted molar refractivity (Wildman–Crippen MR) is 129 cm³/mol. The number of hydrogen-bond donors (Lipinski definition) is 1. The molecule has 1 amide bonds. The van der Waals surface area contributed by atoms with Crippen molar-refractivity contribution >= 4 is 35.0 Å². The van der Waals surface area contributed by atoms with E-state index in [-0.39, 0.29) is 18.3 Å². The van der Waals surface area contributed by atoms with Crippen molar-refractivity contribution in [1.29, 1.82) is 0 Å². The summed E-state index contributed by atoms with van der Waals surface area (Å²) in [6.45, 7) is 4.66. The monoisotopic (exact) mass is 470 g/mol. The van der Waals surface area contributed by atoms with Gasteiger partial charge in [0.2, 0.25) is 5.91 Å². The lowest BCUT2D eigenvalue weighted by Crippen LogP contribution is -2.15. The van der Waals surface area contributed by atoms with Crippen LogP contribution in [0.15, 0.2) is 53.7 Å². The van der Waals surface area contributed by atoms with Gasteiger partial charge in [0.15, 0.2) is 11.0 Å². The molecule has 1 aromatic heterocycles. The zero-order chi connectivity index (χ0) is 22.5. The summed E-state index contributed by atoms with van der Waals surface area (Å²) in [6.07, 6.45) is 3.26. The van der Waals surface area contributed by atoms with E-state index in [1.165, 1.54) is 17.3 Å². The lowest BCUT2D eigenvalue weighted by molar-refractivity contribution is -0.113. The van der Waals surface area contributed by atoms with Gasteiger partial charge in [-0.05, 0) is 55.0 Å². The maximum Gasteiger partial charge on any atom is 0.234 e. The first kappa shape index (κ1) is 22.7. The SMILES string of the molecule is CC[C@@H](C)c1ccc(NC(=O)CSc2nnc(COc3ccccc3Cl)n2C2CC2)cc1. The van der Waals surface area contributed by atoms with Crippen LogP contribution in [0.1, 0.15) is 56.5 Å². The highest BCUT2D eigenvalue weighted by molar-refractivity contribution is 7.99. The number of carbonyl (C=O) groups excluding carboxylic acids is 1. The molecule has 32 heavy (non-hydrogen) atoms. The predicted octanol–water partition coefficient (Wildman–Crippen LogP) is 6.09. The molecule has 6 nitrogen and oxygen atoms in total. The number of nitrogens with one attached hydrogen (secondary N) is 1. The first-order valence-electron chi connectivity index (χ1n) is 10.9. The molecule has 168 valence electrons. The van der Waals surface area contributed by atoms with E-state index in [1.807, 2.05) is 30.3 Å². The van der Waals surface area contributed by atoms with Gasteiger partial charge in [-0.25, -0.2) is 0 Å². The van der Waals surface area contributed by atoms with Gasteiger partial charge in [-0.15, -0.1) is 10.2 Å². The van der Waals surface area contributed by atoms with E-state index in [2.05, 4.69) is 46.1 Å². The number of ether oxygens (including phenoxy) is 1. The fourth-order valence-electron chi connectivity index (χ4n) is 3.37. The molecule has 8 heteroatoms. The molecule has 0 saturated heterocycles. The van der Waals surface area contributed by atoms with Gasteiger partial charge in [-0.3, -0.25) is 9.36 Å². The molecule has 4 rings (SSSR count). The number of benzene rings is 2. The Labute approximate surface area is 197 Å². The van der Waals surface area contributed by atoms with E-state index < -0.39 is 0 Å². The molecule has 3 aromatic rings. The molecular formula is C24H27ClN4O2S. The van der Waals surface area contributed by atoms with Crippen LogP contribution in [0.2, 0.25) is 5.02 Å². The average molecular weight is 471 g/mol. The number of carbonyl (C=O) groups is 1. The summed E-state index contributed by atoms with van der Waals surface area (Å²) in [5.74, 6) is 2.08. The third-order valence-electron chi connectivity index (χ3n) is 5.55. The fourth-order valence-corrected chi connectivity index (χ4v) is 4.38. The van der Waals surface area contributed by atoms with Crippen LogP contribution in [0.5, 0.6) is 5.75 Å². The summed E-state index contributed by atoms with van der Waals surface area (Å²) in [5, 5.41) is 12.9. The van der Waals surface area contributed by atoms with Gasteiger partial charge in [0.1, 0.15) is 12.4 Å². The smallest absolute Gasteiger partial charge is 0.234 e.